The standard InChI is InChI=1S/C45H35ClFIN4O6/c1-58-37-22-24(21-36(48)40(37)53)39-32-19-20-33-38(43(56)51(41(33)54)31-17-15-29(16-18-31)49-28-5-3-2-4-6-28)34(32)23-35-42(55)52(50-30-13-11-27(47)12-14-30)44(57)45(35,39)25-7-9-26(46)10-8-25/h2-19,21-22,33-35,38-39,49-50,53H,20,23H2,1H3. The van der Waals surface area contributed by atoms with Gasteiger partial charge in [0.15, 0.2) is 11.5 Å². The molecule has 13 heteroatoms. The first-order chi connectivity index (χ1) is 28.0. The number of allylic oxidation sites excluding steroid dienone is 2. The number of phenols is 1. The summed E-state index contributed by atoms with van der Waals surface area (Å²) in [5.41, 5.74) is 5.65. The van der Waals surface area contributed by atoms with Crippen LogP contribution in [0.1, 0.15) is 29.9 Å². The lowest BCUT2D eigenvalue weighted by molar-refractivity contribution is -0.138. The molecular weight excluding hydrogens is 874 g/mol. The second kappa shape index (κ2) is 14.6. The van der Waals surface area contributed by atoms with Gasteiger partial charge in [0, 0.05) is 22.3 Å². The van der Waals surface area contributed by atoms with Crippen molar-refractivity contribution in [2.24, 2.45) is 23.7 Å². The fourth-order valence-electron chi connectivity index (χ4n) is 9.58. The molecule has 0 aromatic heterocycles. The van der Waals surface area contributed by atoms with Crippen LogP contribution in [0.3, 0.4) is 0 Å². The van der Waals surface area contributed by atoms with Gasteiger partial charge >= 0.3 is 0 Å². The van der Waals surface area contributed by atoms with Gasteiger partial charge in [-0.15, -0.1) is 0 Å². The molecule has 3 fully saturated rings. The molecule has 5 aromatic rings. The maximum absolute atomic E-state index is 15.4. The summed E-state index contributed by atoms with van der Waals surface area (Å²) in [6.45, 7) is 0. The molecular formula is C45H35ClFIN4O6. The first-order valence-electron chi connectivity index (χ1n) is 18.7. The molecule has 292 valence electrons. The molecule has 2 heterocycles. The van der Waals surface area contributed by atoms with Crippen LogP contribution in [0.15, 0.2) is 127 Å². The predicted molar refractivity (Wildman–Crippen MR) is 225 cm³/mol. The van der Waals surface area contributed by atoms with Crippen molar-refractivity contribution >= 4 is 80.6 Å². The minimum Gasteiger partial charge on any atom is -0.504 e. The summed E-state index contributed by atoms with van der Waals surface area (Å²) in [6.07, 6.45) is 2.28. The quantitative estimate of drug-likeness (QED) is 0.0802. The van der Waals surface area contributed by atoms with Crippen LogP contribution in [0, 0.1) is 33.1 Å². The lowest BCUT2D eigenvalue weighted by atomic mass is 9.49. The van der Waals surface area contributed by atoms with Crippen LogP contribution in [0.2, 0.25) is 5.02 Å². The average molecular weight is 909 g/mol. The number of aromatic hydroxyl groups is 1. The molecule has 3 N–H and O–H groups in total. The summed E-state index contributed by atoms with van der Waals surface area (Å²) in [4.78, 5) is 60.7. The second-order valence-electron chi connectivity index (χ2n) is 15.0. The second-order valence-corrected chi connectivity index (χ2v) is 16.6. The summed E-state index contributed by atoms with van der Waals surface area (Å²) in [7, 11) is 1.43. The number of benzene rings is 5. The van der Waals surface area contributed by atoms with Gasteiger partial charge in [-0.25, -0.2) is 4.39 Å². The number of halogens is 3. The maximum atomic E-state index is 15.4. The molecule has 2 aliphatic heterocycles. The Balaban J connectivity index is 1.17. The molecule has 6 unspecified atom stereocenters. The molecule has 1 saturated carbocycles. The molecule has 5 aromatic carbocycles. The normalized spacial score (nSPS) is 24.9. The van der Waals surface area contributed by atoms with Gasteiger partial charge in [-0.1, -0.05) is 53.6 Å². The van der Waals surface area contributed by atoms with Crippen molar-refractivity contribution < 1.29 is 33.4 Å². The zero-order valence-corrected chi connectivity index (χ0v) is 33.8. The molecule has 0 radical (unpaired) electrons. The van der Waals surface area contributed by atoms with E-state index in [2.05, 4.69) is 10.7 Å². The molecule has 58 heavy (non-hydrogen) atoms. The number of imide groups is 2. The van der Waals surface area contributed by atoms with Crippen molar-refractivity contribution in [2.75, 3.05) is 22.8 Å². The van der Waals surface area contributed by atoms with E-state index in [0.29, 0.717) is 31.1 Å². The number of methoxy groups -OCH3 is 1. The number of carbonyl (C=O) groups is 4. The Morgan fingerprint density at radius 1 is 0.828 bits per heavy atom. The van der Waals surface area contributed by atoms with Crippen molar-refractivity contribution in [3.8, 4) is 11.5 Å². The fourth-order valence-corrected chi connectivity index (χ4v) is 10.3. The number of hydrogen-bond donors (Lipinski definition) is 3. The highest BCUT2D eigenvalue weighted by atomic mass is 127. The minimum atomic E-state index is -1.58. The third-order valence-corrected chi connectivity index (χ3v) is 13.1. The lowest BCUT2D eigenvalue weighted by Gasteiger charge is -2.50. The van der Waals surface area contributed by atoms with E-state index in [9.17, 15) is 23.9 Å². The van der Waals surface area contributed by atoms with Crippen molar-refractivity contribution in [2.45, 2.75) is 24.2 Å². The Morgan fingerprint density at radius 3 is 2.19 bits per heavy atom. The van der Waals surface area contributed by atoms with Gasteiger partial charge in [-0.05, 0) is 137 Å². The van der Waals surface area contributed by atoms with E-state index in [0.717, 1.165) is 22.0 Å². The van der Waals surface area contributed by atoms with Crippen LogP contribution in [0.25, 0.3) is 0 Å². The van der Waals surface area contributed by atoms with Crippen molar-refractivity contribution in [1.29, 1.82) is 0 Å². The molecule has 0 spiro atoms. The fraction of sp³-hybridized carbons (Fsp3) is 0.200. The van der Waals surface area contributed by atoms with E-state index >= 15 is 4.79 Å². The average Bonchev–Trinajstić information content (AvgIpc) is 3.61. The van der Waals surface area contributed by atoms with E-state index in [4.69, 9.17) is 16.3 Å². The molecule has 0 bridgehead atoms. The number of hydrazine groups is 1. The van der Waals surface area contributed by atoms with Gasteiger partial charge in [0.25, 0.3) is 11.8 Å². The van der Waals surface area contributed by atoms with Crippen molar-refractivity contribution in [1.82, 2.24) is 5.01 Å². The van der Waals surface area contributed by atoms with E-state index in [-0.39, 0.29) is 36.2 Å². The molecule has 6 atom stereocenters. The molecule has 2 saturated heterocycles. The highest BCUT2D eigenvalue weighted by Crippen LogP contribution is 2.64. The van der Waals surface area contributed by atoms with Gasteiger partial charge in [0.2, 0.25) is 11.8 Å². The number of phenolic OH excluding ortho intramolecular Hbond substituents is 1. The highest BCUT2D eigenvalue weighted by molar-refractivity contribution is 14.1. The number of amides is 4. The predicted octanol–water partition coefficient (Wildman–Crippen LogP) is 8.73. The molecule has 2 aliphatic carbocycles. The summed E-state index contributed by atoms with van der Waals surface area (Å²) < 4.78 is 20.0. The number of para-hydroxylation sites is 1. The summed E-state index contributed by atoms with van der Waals surface area (Å²) >= 11 is 8.41. The monoisotopic (exact) mass is 908 g/mol. The first-order valence-corrected chi connectivity index (χ1v) is 20.2. The lowest BCUT2D eigenvalue weighted by Crippen LogP contribution is -2.53. The number of nitrogens with zero attached hydrogens (tertiary/aromatic N) is 2. The zero-order chi connectivity index (χ0) is 40.5. The summed E-state index contributed by atoms with van der Waals surface area (Å²) in [5.74, 6) is -6.21. The Labute approximate surface area is 351 Å². The number of anilines is 4. The molecule has 9 rings (SSSR count). The minimum absolute atomic E-state index is 0.0808. The number of ether oxygens (including phenoxy) is 1. The number of rotatable bonds is 8. The van der Waals surface area contributed by atoms with Crippen molar-refractivity contribution in [3.05, 3.63) is 152 Å². The SMILES string of the molecule is COc1cc(C2C3=CCC4C(=O)N(c5ccc(Nc6ccccc6)cc5)C(=O)C4C3CC3C(=O)N(Nc4ccc(F)cc4)C(=O)C32c2ccc(Cl)cc2)cc(I)c1O. The Morgan fingerprint density at radius 2 is 1.50 bits per heavy atom. The van der Waals surface area contributed by atoms with Gasteiger partial charge in [-0.2, -0.15) is 5.01 Å². The Bertz CT molecular complexity index is 2520. The maximum Gasteiger partial charge on any atom is 0.260 e. The van der Waals surface area contributed by atoms with Crippen LogP contribution in [-0.4, -0.2) is 40.9 Å². The van der Waals surface area contributed by atoms with E-state index in [1.54, 1.807) is 48.5 Å². The van der Waals surface area contributed by atoms with E-state index in [1.807, 2.05) is 71.1 Å². The topological polar surface area (TPSA) is 128 Å². The Hall–Kier alpha value is -5.73. The third-order valence-electron chi connectivity index (χ3n) is 12.0. The number of nitrogens with one attached hydrogen (secondary N) is 2. The highest BCUT2D eigenvalue weighted by Gasteiger charge is 2.70. The van der Waals surface area contributed by atoms with E-state index < -0.39 is 52.6 Å². The smallest absolute Gasteiger partial charge is 0.260 e. The number of carbonyl (C=O) groups excluding carboxylic acids is 4. The summed E-state index contributed by atoms with van der Waals surface area (Å²) in [6, 6.07) is 32.3. The summed E-state index contributed by atoms with van der Waals surface area (Å²) in [5, 5.41) is 15.7. The van der Waals surface area contributed by atoms with Crippen LogP contribution in [0.5, 0.6) is 11.5 Å². The Kier molecular flexibility index (Phi) is 9.51. The van der Waals surface area contributed by atoms with Crippen LogP contribution in [0.4, 0.5) is 27.1 Å². The number of hydrogen-bond acceptors (Lipinski definition) is 8. The van der Waals surface area contributed by atoms with Gasteiger partial charge < -0.3 is 15.2 Å². The number of fused-ring (bicyclic) bond motifs is 4. The van der Waals surface area contributed by atoms with Gasteiger partial charge in [0.1, 0.15) is 5.82 Å². The van der Waals surface area contributed by atoms with Crippen LogP contribution in [-0.2, 0) is 24.6 Å². The first kappa shape index (κ1) is 37.8. The largest absolute Gasteiger partial charge is 0.504 e. The van der Waals surface area contributed by atoms with Gasteiger partial charge in [0.05, 0.1) is 45.2 Å². The van der Waals surface area contributed by atoms with E-state index in [1.165, 1.54) is 36.3 Å². The van der Waals surface area contributed by atoms with Crippen molar-refractivity contribution in [3.63, 3.8) is 0 Å². The molecule has 4 amide bonds. The third kappa shape index (κ3) is 5.95. The van der Waals surface area contributed by atoms with Gasteiger partial charge in [-0.3, -0.25) is 29.5 Å². The van der Waals surface area contributed by atoms with Crippen LogP contribution >= 0.6 is 34.2 Å². The van der Waals surface area contributed by atoms with Crippen LogP contribution < -0.4 is 20.4 Å². The zero-order valence-electron chi connectivity index (χ0n) is 30.9. The molecule has 4 aliphatic rings. The molecule has 10 nitrogen and oxygen atoms in total.